The fourth-order valence-electron chi connectivity index (χ4n) is 12.8. The first kappa shape index (κ1) is 75.7. The van der Waals surface area contributed by atoms with Crippen LogP contribution in [0.4, 0.5) is 17.1 Å². The number of nitriles is 3. The van der Waals surface area contributed by atoms with E-state index in [1.54, 1.807) is 133 Å². The van der Waals surface area contributed by atoms with Crippen molar-refractivity contribution in [3.63, 3.8) is 0 Å². The average Bonchev–Trinajstić information content (AvgIpc) is 1.57. The van der Waals surface area contributed by atoms with E-state index in [9.17, 15) is 85.8 Å². The third kappa shape index (κ3) is 13.1. The van der Waals surface area contributed by atoms with Gasteiger partial charge in [0.2, 0.25) is 30.1 Å². The van der Waals surface area contributed by atoms with Crippen LogP contribution >= 0.6 is 0 Å². The molecule has 99 heavy (non-hydrogen) atoms. The molecule has 0 aliphatic carbocycles. The van der Waals surface area contributed by atoms with Crippen molar-refractivity contribution in [2.45, 2.75) is 74.4 Å². The van der Waals surface area contributed by atoms with E-state index >= 15 is 0 Å². The molecule has 0 saturated carbocycles. The van der Waals surface area contributed by atoms with Crippen molar-refractivity contribution in [2.75, 3.05) is 39.5 Å². The maximum atomic E-state index is 13.7. The lowest BCUT2D eigenvalue weighted by atomic mass is 9.63. The quantitative estimate of drug-likeness (QED) is 0.0212. The van der Waals surface area contributed by atoms with E-state index in [0.717, 1.165) is 85.7 Å². The molecule has 3 fully saturated rings. The molecule has 9 rings (SSSR count). The first-order valence-electron chi connectivity index (χ1n) is 30.4. The third-order valence-electron chi connectivity index (χ3n) is 18.2. The number of hydrogen-bond donors (Lipinski definition) is 0. The number of rotatable bonds is 21. The van der Waals surface area contributed by atoms with Crippen molar-refractivity contribution >= 4 is 65.0 Å². The molecule has 0 aromatic heterocycles. The van der Waals surface area contributed by atoms with Crippen LogP contribution in [0.1, 0.15) is 76.4 Å². The molecule has 3 aliphatic rings. The van der Waals surface area contributed by atoms with Crippen molar-refractivity contribution in [3.8, 4) is 18.2 Å². The Morgan fingerprint density at radius 2 is 0.636 bits per heavy atom. The van der Waals surface area contributed by atoms with Gasteiger partial charge in [0.25, 0.3) is 17.1 Å². The Hall–Kier alpha value is -10.7. The van der Waals surface area contributed by atoms with E-state index in [1.165, 1.54) is 18.2 Å². The number of nitro benzene ring substituents is 3. The molecule has 0 amide bonds. The molecule has 0 radical (unpaired) electrons. The van der Waals surface area contributed by atoms with Gasteiger partial charge < -0.3 is 14.2 Å². The molecule has 30 heteroatoms. The smallest absolute Gasteiger partial charge is 0.329 e. The number of sulfonamides is 3. The number of benzene rings is 6. The zero-order valence-corrected chi connectivity index (χ0v) is 57.0. The SMILES string of the molecule is C=C[C@]1(C)CN(S(=O)(=O)c2ccc([N+](=O)[O-])cc2)[C@@H](c2ccccc2)[C@]1(C#N)C(=O)OCC.C=C[C@]1(C)CN(S(=O)(=O)c2ccc([N+](=O)[O-])cc2)[C@@H](c2ccccc2)[C@]1(C#N)C(=O)OCC.C=C[C@]1(C)CN(S(=O)(=O)c2ccc([N+](=O)[O-])cc2)[C@@H](c2ccccc2)[C@]1(C#N)C(=O)OCC. The molecule has 6 aromatic carbocycles. The highest BCUT2D eigenvalue weighted by Crippen LogP contribution is 2.63. The van der Waals surface area contributed by atoms with Crippen LogP contribution in [0.5, 0.6) is 0 Å². The van der Waals surface area contributed by atoms with Gasteiger partial charge in [-0.05, 0) is 73.9 Å². The predicted octanol–water partition coefficient (Wildman–Crippen LogP) is 10.8. The van der Waals surface area contributed by atoms with Crippen LogP contribution in [0.2, 0.25) is 0 Å². The first-order chi connectivity index (χ1) is 46.8. The van der Waals surface area contributed by atoms with E-state index in [1.807, 2.05) is 0 Å². The van der Waals surface area contributed by atoms with Crippen LogP contribution < -0.4 is 0 Å². The van der Waals surface area contributed by atoms with E-state index < -0.39 is 113 Å². The number of esters is 3. The van der Waals surface area contributed by atoms with Crippen molar-refractivity contribution in [2.24, 2.45) is 32.5 Å². The predicted molar refractivity (Wildman–Crippen MR) is 357 cm³/mol. The lowest BCUT2D eigenvalue weighted by molar-refractivity contribution is -0.385. The second-order valence-corrected chi connectivity index (χ2v) is 29.3. The summed E-state index contributed by atoms with van der Waals surface area (Å²) < 4.78 is 102. The highest BCUT2D eigenvalue weighted by atomic mass is 32.2. The van der Waals surface area contributed by atoms with Gasteiger partial charge in [0, 0.05) is 72.3 Å². The molecular formula is C69H69N9O18S3. The Morgan fingerprint density at radius 3 is 0.798 bits per heavy atom. The molecule has 9 atom stereocenters. The van der Waals surface area contributed by atoms with Crippen molar-refractivity contribution in [1.29, 1.82) is 15.8 Å². The Labute approximate surface area is 572 Å². The van der Waals surface area contributed by atoms with Gasteiger partial charge >= 0.3 is 17.9 Å². The minimum absolute atomic E-state index is 0.00605. The summed E-state index contributed by atoms with van der Waals surface area (Å²) in [5, 5.41) is 64.1. The summed E-state index contributed by atoms with van der Waals surface area (Å²) >= 11 is 0. The lowest BCUT2D eigenvalue weighted by Gasteiger charge is -2.36. The Bertz CT molecular complexity index is 4130. The summed E-state index contributed by atoms with van der Waals surface area (Å²) in [5.41, 5.74) is -9.10. The Balaban J connectivity index is 0.000000209. The zero-order chi connectivity index (χ0) is 73.3. The van der Waals surface area contributed by atoms with Gasteiger partial charge in [-0.3, -0.25) is 44.7 Å². The minimum atomic E-state index is -4.29. The fourth-order valence-corrected chi connectivity index (χ4v) is 18.0. The first-order valence-corrected chi connectivity index (χ1v) is 34.7. The summed E-state index contributed by atoms with van der Waals surface area (Å²) in [6.45, 7) is 20.3. The number of carbonyl (C=O) groups excluding carboxylic acids is 3. The molecule has 0 N–H and O–H groups in total. The molecule has 0 bridgehead atoms. The second kappa shape index (κ2) is 29.6. The molecule has 516 valence electrons. The molecule has 3 heterocycles. The monoisotopic (exact) mass is 1410 g/mol. The van der Waals surface area contributed by atoms with Gasteiger partial charge in [-0.25, -0.2) is 25.3 Å². The van der Waals surface area contributed by atoms with E-state index in [2.05, 4.69) is 37.9 Å². The van der Waals surface area contributed by atoms with Gasteiger partial charge in [-0.2, -0.15) is 28.7 Å². The summed E-state index contributed by atoms with van der Waals surface area (Å²) in [6.07, 6.45) is 4.23. The van der Waals surface area contributed by atoms with Crippen molar-refractivity contribution in [3.05, 3.63) is 249 Å². The van der Waals surface area contributed by atoms with Crippen LogP contribution in [0.3, 0.4) is 0 Å². The van der Waals surface area contributed by atoms with Gasteiger partial charge in [-0.15, -0.1) is 19.7 Å². The average molecular weight is 1410 g/mol. The number of nitro groups is 3. The summed E-state index contributed by atoms with van der Waals surface area (Å²) in [6, 6.07) is 41.2. The van der Waals surface area contributed by atoms with Crippen LogP contribution in [0, 0.1) is 96.8 Å². The van der Waals surface area contributed by atoms with E-state index in [0.29, 0.717) is 16.7 Å². The van der Waals surface area contributed by atoms with Crippen LogP contribution in [-0.2, 0) is 58.7 Å². The van der Waals surface area contributed by atoms with Gasteiger partial charge in [0.15, 0.2) is 16.2 Å². The zero-order valence-electron chi connectivity index (χ0n) is 54.5. The van der Waals surface area contributed by atoms with Crippen LogP contribution in [0.15, 0.2) is 216 Å². The highest BCUT2D eigenvalue weighted by molar-refractivity contribution is 7.89. The van der Waals surface area contributed by atoms with Gasteiger partial charge in [0.05, 0.1) is 85.6 Å². The van der Waals surface area contributed by atoms with Gasteiger partial charge in [-0.1, -0.05) is 130 Å². The molecule has 27 nitrogen and oxygen atoms in total. The summed E-state index contributed by atoms with van der Waals surface area (Å²) in [7, 11) is -12.9. The third-order valence-corrected chi connectivity index (χ3v) is 23.7. The Kier molecular flexibility index (Phi) is 22.6. The van der Waals surface area contributed by atoms with Gasteiger partial charge in [0.1, 0.15) is 0 Å². The maximum absolute atomic E-state index is 13.7. The minimum Gasteiger partial charge on any atom is -0.465 e. The molecular weight excluding hydrogens is 1340 g/mol. The van der Waals surface area contributed by atoms with Crippen molar-refractivity contribution in [1.82, 2.24) is 12.9 Å². The Morgan fingerprint density at radius 1 is 0.434 bits per heavy atom. The number of hydrogen-bond acceptors (Lipinski definition) is 21. The highest BCUT2D eigenvalue weighted by Gasteiger charge is 2.72. The van der Waals surface area contributed by atoms with Crippen molar-refractivity contribution < 1.29 is 68.6 Å². The molecule has 3 saturated heterocycles. The molecule has 3 aliphatic heterocycles. The summed E-state index contributed by atoms with van der Waals surface area (Å²) in [5.74, 6) is -2.53. The van der Waals surface area contributed by atoms with E-state index in [4.69, 9.17) is 14.2 Å². The number of carbonyl (C=O) groups is 3. The number of ether oxygens (including phenoxy) is 3. The largest absolute Gasteiger partial charge is 0.465 e. The molecule has 6 aromatic rings. The number of nitrogens with zero attached hydrogens (tertiary/aromatic N) is 9. The molecule has 0 spiro atoms. The normalized spacial score (nSPS) is 25.2. The lowest BCUT2D eigenvalue weighted by Crippen LogP contribution is -2.46. The van der Waals surface area contributed by atoms with Crippen LogP contribution in [0.25, 0.3) is 0 Å². The van der Waals surface area contributed by atoms with E-state index in [-0.39, 0.29) is 71.2 Å². The molecule has 0 unspecified atom stereocenters. The fraction of sp³-hybridized carbons (Fsp3) is 0.304. The van der Waals surface area contributed by atoms with Crippen LogP contribution in [-0.4, -0.2) is 110 Å². The summed E-state index contributed by atoms with van der Waals surface area (Å²) in [4.78, 5) is 70.4. The second-order valence-electron chi connectivity index (χ2n) is 23.6. The maximum Gasteiger partial charge on any atom is 0.329 e. The number of non-ortho nitro benzene ring substituents is 3. The topological polar surface area (TPSA) is 392 Å². The standard InChI is InChI=1S/3C23H23N3O6S/c3*1-4-22(3)16-25(33(30,31)19-13-11-18(12-14-19)26(28)29)20(17-9-7-6-8-10-17)23(22,15-24)21(27)32-5-2/h3*4,6-14,20H,1,5,16H2,2-3H3/t3*20-,22+,23+/m000/s1.